The van der Waals surface area contributed by atoms with Crippen LogP contribution in [0.25, 0.3) is 0 Å². The molecule has 2 N–H and O–H groups in total. The van der Waals surface area contributed by atoms with Gasteiger partial charge in [-0.1, -0.05) is 58.4 Å². The van der Waals surface area contributed by atoms with Crippen LogP contribution in [-0.4, -0.2) is 20.4 Å². The van der Waals surface area contributed by atoms with E-state index in [2.05, 4.69) is 40.4 Å². The number of halogens is 1. The molecule has 0 spiro atoms. The second-order valence-electron chi connectivity index (χ2n) is 4.13. The smallest absolute Gasteiger partial charge is 0.269 e. The van der Waals surface area contributed by atoms with Gasteiger partial charge in [0, 0.05) is 28.6 Å². The van der Waals surface area contributed by atoms with Crippen molar-refractivity contribution in [2.24, 2.45) is 5.73 Å². The van der Waals surface area contributed by atoms with Gasteiger partial charge in [-0.05, 0) is 30.0 Å². The number of carbonyl (C=O) groups excluding carboxylic acids is 1. The number of carbonyl (C=O) groups is 1. The molecule has 126 valence electrons. The molecule has 24 heavy (non-hydrogen) atoms. The van der Waals surface area contributed by atoms with E-state index in [1.54, 1.807) is 12.1 Å². The number of Topliss-reactive ketones (excluding diaryl/α,β-unsaturated/α-hetero) is 1. The fourth-order valence-electron chi connectivity index (χ4n) is 1.45. The first kappa shape index (κ1) is 22.2. The van der Waals surface area contributed by atoms with Crippen molar-refractivity contribution in [1.29, 1.82) is 0 Å². The van der Waals surface area contributed by atoms with Gasteiger partial charge < -0.3 is 5.73 Å². The third-order valence-electron chi connectivity index (χ3n) is 2.60. The molecule has 8 heteroatoms. The molecule has 0 aliphatic rings. The molecule has 2 aromatic rings. The van der Waals surface area contributed by atoms with E-state index in [9.17, 15) is 14.9 Å². The monoisotopic (exact) mass is 426 g/mol. The van der Waals surface area contributed by atoms with Crippen LogP contribution >= 0.6 is 40.4 Å². The molecule has 0 aliphatic carbocycles. The molecule has 0 fully saturated rings. The fraction of sp³-hybridized carbons (Fsp3) is 0.125. The average molecular weight is 427 g/mol. The molecule has 0 unspecified atom stereocenters. The van der Waals surface area contributed by atoms with Crippen molar-refractivity contribution in [3.05, 3.63) is 75.8 Å². The molecule has 0 saturated carbocycles. The van der Waals surface area contributed by atoms with E-state index in [4.69, 9.17) is 5.73 Å². The number of nitrogens with two attached hydrogens (primary N) is 1. The number of non-ortho nitro benzene ring substituents is 1. The summed E-state index contributed by atoms with van der Waals surface area (Å²) in [5.41, 5.74) is 7.07. The van der Waals surface area contributed by atoms with Gasteiger partial charge in [0.05, 0.1) is 10.3 Å². The number of nitro groups is 1. The van der Waals surface area contributed by atoms with Gasteiger partial charge >= 0.3 is 0 Å². The molecule has 0 aliphatic heterocycles. The quantitative estimate of drug-likeness (QED) is 0.257. The van der Waals surface area contributed by atoms with Gasteiger partial charge in [0.25, 0.3) is 5.69 Å². The maximum absolute atomic E-state index is 11.0. The standard InChI is InChI=1S/C8H7BrO.C7H8N2O2.CS2/c9-6-8(10)7-4-2-1-3-5-7;8-5-6-1-3-7(4-2-6)9(10)11;2-1-3/h1-5H,6H2;1-4H,5,8H2;. The summed E-state index contributed by atoms with van der Waals surface area (Å²) in [6.07, 6.45) is 0. The first-order chi connectivity index (χ1) is 11.5. The highest BCUT2D eigenvalue weighted by atomic mass is 79.9. The topological polar surface area (TPSA) is 86.2 Å². The highest BCUT2D eigenvalue weighted by Gasteiger charge is 2.02. The summed E-state index contributed by atoms with van der Waals surface area (Å²) in [5.74, 6) is 0.126. The van der Waals surface area contributed by atoms with Gasteiger partial charge in [-0.2, -0.15) is 0 Å². The second kappa shape index (κ2) is 13.6. The summed E-state index contributed by atoms with van der Waals surface area (Å²) in [7, 11) is 0. The molecule has 0 radical (unpaired) electrons. The lowest BCUT2D eigenvalue weighted by Crippen LogP contribution is -1.98. The predicted octanol–water partition coefficient (Wildman–Crippen LogP) is 4.34. The summed E-state index contributed by atoms with van der Waals surface area (Å²) < 4.78 is 1.92. The van der Waals surface area contributed by atoms with Gasteiger partial charge in [0.1, 0.15) is 0 Å². The van der Waals surface area contributed by atoms with Crippen LogP contribution in [0.2, 0.25) is 0 Å². The van der Waals surface area contributed by atoms with Crippen LogP contribution in [0.15, 0.2) is 54.6 Å². The largest absolute Gasteiger partial charge is 0.326 e. The highest BCUT2D eigenvalue weighted by Crippen LogP contribution is 2.10. The lowest BCUT2D eigenvalue weighted by Gasteiger charge is -1.93. The van der Waals surface area contributed by atoms with Crippen LogP contribution in [-0.2, 0) is 6.54 Å². The minimum absolute atomic E-state index is 0.0993. The number of alkyl halides is 1. The van der Waals surface area contributed by atoms with Crippen LogP contribution < -0.4 is 5.73 Å². The second-order valence-corrected chi connectivity index (χ2v) is 5.36. The molecule has 2 aromatic carbocycles. The van der Waals surface area contributed by atoms with Gasteiger partial charge in [0.2, 0.25) is 0 Å². The van der Waals surface area contributed by atoms with E-state index in [0.717, 1.165) is 11.1 Å². The normalized spacial score (nSPS) is 8.58. The number of rotatable bonds is 4. The number of nitrogens with zero attached hydrogens (tertiary/aromatic N) is 1. The van der Waals surface area contributed by atoms with E-state index >= 15 is 0 Å². The Morgan fingerprint density at radius 1 is 1.12 bits per heavy atom. The third kappa shape index (κ3) is 9.34. The third-order valence-corrected chi connectivity index (χ3v) is 3.11. The van der Waals surface area contributed by atoms with Crippen molar-refractivity contribution in [2.45, 2.75) is 6.54 Å². The molecule has 0 heterocycles. The highest BCUT2D eigenvalue weighted by molar-refractivity contribution is 9.09. The maximum Gasteiger partial charge on any atom is 0.269 e. The summed E-state index contributed by atoms with van der Waals surface area (Å²) in [6, 6.07) is 15.4. The van der Waals surface area contributed by atoms with Crippen LogP contribution in [0.4, 0.5) is 5.69 Å². The zero-order valence-corrected chi connectivity index (χ0v) is 15.8. The molecular weight excluding hydrogens is 412 g/mol. The lowest BCUT2D eigenvalue weighted by molar-refractivity contribution is -0.384. The van der Waals surface area contributed by atoms with Crippen molar-refractivity contribution in [3.8, 4) is 0 Å². The molecule has 0 atom stereocenters. The van der Waals surface area contributed by atoms with Gasteiger partial charge in [-0.3, -0.25) is 14.9 Å². The Hall–Kier alpha value is -1.83. The summed E-state index contributed by atoms with van der Waals surface area (Å²) in [6.45, 7) is 0.415. The Balaban J connectivity index is 0.000000381. The Kier molecular flexibility index (Phi) is 12.6. The van der Waals surface area contributed by atoms with E-state index in [1.807, 2.05) is 34.6 Å². The van der Waals surface area contributed by atoms with Gasteiger partial charge in [-0.25, -0.2) is 0 Å². The summed E-state index contributed by atoms with van der Waals surface area (Å²) in [4.78, 5) is 20.7. The van der Waals surface area contributed by atoms with Crippen molar-refractivity contribution < 1.29 is 9.72 Å². The molecule has 0 amide bonds. The Bertz CT molecular complexity index is 673. The number of hydrogen-bond acceptors (Lipinski definition) is 6. The average Bonchev–Trinajstić information content (AvgIpc) is 2.63. The summed E-state index contributed by atoms with van der Waals surface area (Å²) in [5, 5.41) is 10.6. The maximum atomic E-state index is 11.0. The van der Waals surface area contributed by atoms with E-state index in [0.29, 0.717) is 11.9 Å². The first-order valence-corrected chi connectivity index (χ1v) is 8.50. The van der Waals surface area contributed by atoms with Crippen LogP contribution in [0.1, 0.15) is 15.9 Å². The van der Waals surface area contributed by atoms with Crippen molar-refractivity contribution >= 4 is 56.2 Å². The summed E-state index contributed by atoms with van der Waals surface area (Å²) >= 11 is 11.0. The predicted molar refractivity (Wildman–Crippen MR) is 106 cm³/mol. The molecule has 0 bridgehead atoms. The number of benzene rings is 2. The molecular formula is C16H15BrN2O3S2. The van der Waals surface area contributed by atoms with E-state index in [1.165, 1.54) is 12.1 Å². The number of ketones is 1. The van der Waals surface area contributed by atoms with Crippen LogP contribution in [0.5, 0.6) is 0 Å². The van der Waals surface area contributed by atoms with Gasteiger partial charge in [-0.15, -0.1) is 0 Å². The first-order valence-electron chi connectivity index (χ1n) is 6.57. The van der Waals surface area contributed by atoms with Crippen LogP contribution in [0.3, 0.4) is 0 Å². The molecule has 5 nitrogen and oxygen atoms in total. The molecule has 0 aromatic heterocycles. The minimum Gasteiger partial charge on any atom is -0.326 e. The molecule has 2 rings (SSSR count). The van der Waals surface area contributed by atoms with Crippen molar-refractivity contribution in [2.75, 3.05) is 5.33 Å². The lowest BCUT2D eigenvalue weighted by atomic mass is 10.2. The number of hydrogen-bond donors (Lipinski definition) is 1. The van der Waals surface area contributed by atoms with Crippen LogP contribution in [0, 0.1) is 10.1 Å². The Morgan fingerprint density at radius 3 is 2.00 bits per heavy atom. The molecule has 0 saturated heterocycles. The minimum atomic E-state index is -0.430. The van der Waals surface area contributed by atoms with Crippen molar-refractivity contribution in [1.82, 2.24) is 0 Å². The van der Waals surface area contributed by atoms with E-state index < -0.39 is 4.92 Å². The number of nitro benzene ring substituents is 1. The van der Waals surface area contributed by atoms with Crippen molar-refractivity contribution in [3.63, 3.8) is 0 Å². The zero-order valence-electron chi connectivity index (χ0n) is 12.6. The zero-order chi connectivity index (χ0) is 18.4. The van der Waals surface area contributed by atoms with E-state index in [-0.39, 0.29) is 11.5 Å². The number of thiocarbonyl (C=S) groups is 2. The SMILES string of the molecule is NCc1ccc([N+](=O)[O-])cc1.O=C(CBr)c1ccccc1.S=C=S. The Morgan fingerprint density at radius 2 is 1.62 bits per heavy atom. The Labute approximate surface area is 159 Å². The fourth-order valence-corrected chi connectivity index (χ4v) is 1.78. The van der Waals surface area contributed by atoms with Gasteiger partial charge in [0.15, 0.2) is 5.78 Å².